The lowest BCUT2D eigenvalue weighted by Crippen LogP contribution is -2.44. The molecular weight excluding hydrogens is 268 g/mol. The van der Waals surface area contributed by atoms with Crippen molar-refractivity contribution in [2.45, 2.75) is 26.2 Å². The number of amides is 1. The van der Waals surface area contributed by atoms with Crippen molar-refractivity contribution in [2.24, 2.45) is 5.92 Å². The molecule has 21 heavy (non-hydrogen) atoms. The second-order valence-corrected chi connectivity index (χ2v) is 5.45. The third-order valence-corrected chi connectivity index (χ3v) is 3.78. The number of anilines is 1. The van der Waals surface area contributed by atoms with Gasteiger partial charge in [0, 0.05) is 18.8 Å². The van der Waals surface area contributed by atoms with Crippen molar-refractivity contribution >= 4 is 17.6 Å². The van der Waals surface area contributed by atoms with Crippen molar-refractivity contribution in [1.29, 1.82) is 0 Å². The van der Waals surface area contributed by atoms with E-state index in [1.54, 1.807) is 0 Å². The lowest BCUT2D eigenvalue weighted by molar-refractivity contribution is -0.141. The summed E-state index contributed by atoms with van der Waals surface area (Å²) in [6.07, 6.45) is 2.52. The van der Waals surface area contributed by atoms with Gasteiger partial charge in [-0.15, -0.1) is 0 Å². The van der Waals surface area contributed by atoms with E-state index in [2.05, 4.69) is 12.2 Å². The number of para-hydroxylation sites is 1. The van der Waals surface area contributed by atoms with Crippen LogP contribution in [0.5, 0.6) is 0 Å². The summed E-state index contributed by atoms with van der Waals surface area (Å²) in [6.45, 7) is 3.34. The summed E-state index contributed by atoms with van der Waals surface area (Å²) in [5.74, 6) is -1.31. The molecule has 0 aliphatic carbocycles. The molecular formula is C16H22N2O3. The lowest BCUT2D eigenvalue weighted by atomic mass is 9.92. The molecule has 1 atom stereocenters. The van der Waals surface area contributed by atoms with E-state index in [0.29, 0.717) is 19.5 Å². The smallest absolute Gasteiger partial charge is 0.308 e. The summed E-state index contributed by atoms with van der Waals surface area (Å²) < 4.78 is 0. The molecule has 0 aromatic heterocycles. The first-order valence-electron chi connectivity index (χ1n) is 7.44. The van der Waals surface area contributed by atoms with E-state index in [-0.39, 0.29) is 12.5 Å². The summed E-state index contributed by atoms with van der Waals surface area (Å²) in [5, 5.41) is 12.1. The topological polar surface area (TPSA) is 69.6 Å². The number of unbranched alkanes of at least 4 members (excludes halogenated alkanes) is 1. The van der Waals surface area contributed by atoms with Crippen LogP contribution in [0.4, 0.5) is 5.69 Å². The zero-order valence-corrected chi connectivity index (χ0v) is 12.3. The van der Waals surface area contributed by atoms with Crippen LogP contribution in [0.3, 0.4) is 0 Å². The van der Waals surface area contributed by atoms with Gasteiger partial charge in [-0.3, -0.25) is 9.59 Å². The summed E-state index contributed by atoms with van der Waals surface area (Å²) in [7, 11) is 0. The molecule has 2 N–H and O–H groups in total. The van der Waals surface area contributed by atoms with Gasteiger partial charge in [-0.1, -0.05) is 31.5 Å². The van der Waals surface area contributed by atoms with E-state index < -0.39 is 11.9 Å². The van der Waals surface area contributed by atoms with E-state index in [4.69, 9.17) is 0 Å². The van der Waals surface area contributed by atoms with Crippen molar-refractivity contribution in [3.05, 3.63) is 29.8 Å². The number of nitrogens with zero attached hydrogens (tertiary/aromatic N) is 1. The zero-order chi connectivity index (χ0) is 15.2. The maximum atomic E-state index is 12.0. The van der Waals surface area contributed by atoms with Gasteiger partial charge >= 0.3 is 5.97 Å². The Labute approximate surface area is 125 Å². The number of carbonyl (C=O) groups is 2. The minimum absolute atomic E-state index is 0.0516. The van der Waals surface area contributed by atoms with Gasteiger partial charge in [-0.05, 0) is 24.5 Å². The SMILES string of the molecule is CCCCNC(=O)CN1CC(C(=O)O)Cc2ccccc21. The Balaban J connectivity index is 2.07. The highest BCUT2D eigenvalue weighted by atomic mass is 16.4. The van der Waals surface area contributed by atoms with Crippen LogP contribution in [-0.4, -0.2) is 36.6 Å². The predicted molar refractivity (Wildman–Crippen MR) is 81.4 cm³/mol. The van der Waals surface area contributed by atoms with Crippen LogP contribution >= 0.6 is 0 Å². The maximum Gasteiger partial charge on any atom is 0.308 e. The molecule has 1 amide bonds. The molecule has 1 heterocycles. The number of carboxylic acids is 1. The average molecular weight is 290 g/mol. The second kappa shape index (κ2) is 7.11. The van der Waals surface area contributed by atoms with Crippen LogP contribution in [0.2, 0.25) is 0 Å². The molecule has 1 aliphatic rings. The Morgan fingerprint density at radius 1 is 1.38 bits per heavy atom. The van der Waals surface area contributed by atoms with Gasteiger partial charge < -0.3 is 15.3 Å². The number of aliphatic carboxylic acids is 1. The second-order valence-electron chi connectivity index (χ2n) is 5.45. The fourth-order valence-electron chi connectivity index (χ4n) is 2.64. The number of carbonyl (C=O) groups excluding carboxylic acids is 1. The van der Waals surface area contributed by atoms with Crippen LogP contribution in [0, 0.1) is 5.92 Å². The van der Waals surface area contributed by atoms with Gasteiger partial charge in [0.15, 0.2) is 0 Å². The molecule has 0 fully saturated rings. The molecule has 1 aliphatic heterocycles. The van der Waals surface area contributed by atoms with Gasteiger partial charge in [0.05, 0.1) is 12.5 Å². The third kappa shape index (κ3) is 3.97. The largest absolute Gasteiger partial charge is 0.481 e. The maximum absolute atomic E-state index is 12.0. The predicted octanol–water partition coefficient (Wildman–Crippen LogP) is 1.67. The highest BCUT2D eigenvalue weighted by molar-refractivity contribution is 5.83. The van der Waals surface area contributed by atoms with E-state index in [1.807, 2.05) is 29.2 Å². The van der Waals surface area contributed by atoms with Gasteiger partial charge in [0.25, 0.3) is 0 Å². The molecule has 0 radical (unpaired) electrons. The molecule has 114 valence electrons. The number of rotatable bonds is 6. The standard InChI is InChI=1S/C16H22N2O3/c1-2-3-8-17-15(19)11-18-10-13(16(20)21)9-12-6-4-5-7-14(12)18/h4-7,13H,2-3,8-11H2,1H3,(H,17,19)(H,20,21). The summed E-state index contributed by atoms with van der Waals surface area (Å²) in [5.41, 5.74) is 1.97. The number of benzene rings is 1. The molecule has 0 saturated heterocycles. The van der Waals surface area contributed by atoms with Crippen molar-refractivity contribution in [1.82, 2.24) is 5.32 Å². The highest BCUT2D eigenvalue weighted by Gasteiger charge is 2.29. The average Bonchev–Trinajstić information content (AvgIpc) is 2.47. The quantitative estimate of drug-likeness (QED) is 0.782. The number of nitrogens with one attached hydrogen (secondary N) is 1. The lowest BCUT2D eigenvalue weighted by Gasteiger charge is -2.34. The van der Waals surface area contributed by atoms with E-state index >= 15 is 0 Å². The van der Waals surface area contributed by atoms with Crippen molar-refractivity contribution in [2.75, 3.05) is 24.5 Å². The fourth-order valence-corrected chi connectivity index (χ4v) is 2.64. The molecule has 5 heteroatoms. The molecule has 0 spiro atoms. The molecule has 0 saturated carbocycles. The van der Waals surface area contributed by atoms with Crippen LogP contribution in [0.25, 0.3) is 0 Å². The Kier molecular flexibility index (Phi) is 5.20. The molecule has 0 bridgehead atoms. The van der Waals surface area contributed by atoms with Gasteiger partial charge in [0.2, 0.25) is 5.91 Å². The van der Waals surface area contributed by atoms with E-state index in [9.17, 15) is 14.7 Å². The number of hydrogen-bond donors (Lipinski definition) is 2. The minimum Gasteiger partial charge on any atom is -0.481 e. The van der Waals surface area contributed by atoms with Crippen molar-refractivity contribution < 1.29 is 14.7 Å². The fraction of sp³-hybridized carbons (Fsp3) is 0.500. The van der Waals surface area contributed by atoms with Crippen molar-refractivity contribution in [3.63, 3.8) is 0 Å². The minimum atomic E-state index is -0.805. The Bertz CT molecular complexity index is 516. The van der Waals surface area contributed by atoms with Crippen molar-refractivity contribution in [3.8, 4) is 0 Å². The molecule has 1 aromatic carbocycles. The third-order valence-electron chi connectivity index (χ3n) is 3.78. The molecule has 1 unspecified atom stereocenters. The van der Waals surface area contributed by atoms with Gasteiger partial charge in [0.1, 0.15) is 0 Å². The van der Waals surface area contributed by atoms with Crippen LogP contribution in [-0.2, 0) is 16.0 Å². The summed E-state index contributed by atoms with van der Waals surface area (Å²) in [6, 6.07) is 7.71. The number of fused-ring (bicyclic) bond motifs is 1. The highest BCUT2D eigenvalue weighted by Crippen LogP contribution is 2.29. The first kappa shape index (κ1) is 15.4. The van der Waals surface area contributed by atoms with E-state index in [0.717, 1.165) is 24.1 Å². The first-order chi connectivity index (χ1) is 10.1. The normalized spacial score (nSPS) is 17.2. The molecule has 1 aromatic rings. The van der Waals surface area contributed by atoms with Crippen LogP contribution in [0.15, 0.2) is 24.3 Å². The Morgan fingerprint density at radius 2 is 2.14 bits per heavy atom. The Morgan fingerprint density at radius 3 is 2.86 bits per heavy atom. The monoisotopic (exact) mass is 290 g/mol. The Hall–Kier alpha value is -2.04. The first-order valence-corrected chi connectivity index (χ1v) is 7.44. The molecule has 2 rings (SSSR count). The van der Waals surface area contributed by atoms with Crippen LogP contribution < -0.4 is 10.2 Å². The van der Waals surface area contributed by atoms with E-state index in [1.165, 1.54) is 0 Å². The molecule has 5 nitrogen and oxygen atoms in total. The van der Waals surface area contributed by atoms with Gasteiger partial charge in [-0.25, -0.2) is 0 Å². The number of hydrogen-bond acceptors (Lipinski definition) is 3. The van der Waals surface area contributed by atoms with Crippen LogP contribution in [0.1, 0.15) is 25.3 Å². The van der Waals surface area contributed by atoms with Gasteiger partial charge in [-0.2, -0.15) is 0 Å². The zero-order valence-electron chi connectivity index (χ0n) is 12.3. The summed E-state index contributed by atoms with van der Waals surface area (Å²) >= 11 is 0. The number of carboxylic acid groups (broad SMARTS) is 1. The summed E-state index contributed by atoms with van der Waals surface area (Å²) in [4.78, 5) is 25.1.